The molecule has 2 bridgehead atoms. The van der Waals surface area contributed by atoms with Crippen LogP contribution < -0.4 is 9.47 Å². The van der Waals surface area contributed by atoms with Crippen LogP contribution in [0.15, 0.2) is 12.1 Å². The number of carbonyl (C=O) groups is 1. The fraction of sp³-hybridized carbons (Fsp3) is 0.650. The van der Waals surface area contributed by atoms with Gasteiger partial charge in [0.25, 0.3) is 0 Å². The standard InChI is InChI=1S/C20H22F3NO7S/c1-10(25)29-12-4-3-11-9-14-19(26)6-5-13(31-32(27,28)20(21,22)23)17-18(19,7-8-24(14)2)15(11)16(12)30-17/h3-4,13-14,17,26H,5-9H2,1-2H3/t13-,14+,17-,18-,19?/m0/s1. The third kappa shape index (κ3) is 2.66. The highest BCUT2D eigenvalue weighted by atomic mass is 32.2. The van der Waals surface area contributed by atoms with Gasteiger partial charge in [-0.15, -0.1) is 0 Å². The average molecular weight is 477 g/mol. The van der Waals surface area contributed by atoms with Crippen molar-refractivity contribution in [1.82, 2.24) is 4.90 Å². The fourth-order valence-corrected chi connectivity index (χ4v) is 6.88. The highest BCUT2D eigenvalue weighted by Crippen LogP contribution is 2.65. The van der Waals surface area contributed by atoms with Crippen LogP contribution in [0.3, 0.4) is 0 Å². The summed E-state index contributed by atoms with van der Waals surface area (Å²) in [4.78, 5) is 13.6. The molecule has 5 atom stereocenters. The molecule has 2 fully saturated rings. The first-order valence-electron chi connectivity index (χ1n) is 10.3. The maximum Gasteiger partial charge on any atom is 0.523 e. The molecule has 12 heteroatoms. The van der Waals surface area contributed by atoms with Crippen LogP contribution in [0.25, 0.3) is 0 Å². The Kier molecular flexibility index (Phi) is 4.51. The largest absolute Gasteiger partial charge is 0.523 e. The minimum Gasteiger partial charge on any atom is -0.482 e. The number of carbonyl (C=O) groups excluding carboxylic acids is 1. The molecule has 0 aromatic heterocycles. The monoisotopic (exact) mass is 477 g/mol. The van der Waals surface area contributed by atoms with Crippen LogP contribution in [-0.4, -0.2) is 67.3 Å². The van der Waals surface area contributed by atoms with Crippen molar-refractivity contribution < 1.29 is 45.1 Å². The number of likely N-dealkylation sites (N-methyl/N-ethyl adjacent to an activating group) is 1. The summed E-state index contributed by atoms with van der Waals surface area (Å²) in [6.07, 6.45) is -1.98. The zero-order valence-electron chi connectivity index (χ0n) is 17.3. The van der Waals surface area contributed by atoms with Crippen molar-refractivity contribution in [2.24, 2.45) is 0 Å². The molecule has 0 radical (unpaired) electrons. The molecule has 2 aliphatic heterocycles. The second kappa shape index (κ2) is 6.58. The summed E-state index contributed by atoms with van der Waals surface area (Å²) in [6, 6.07) is 2.97. The van der Waals surface area contributed by atoms with Crippen LogP contribution in [0.1, 0.15) is 37.3 Å². The number of esters is 1. The highest BCUT2D eigenvalue weighted by Gasteiger charge is 2.73. The predicted molar refractivity (Wildman–Crippen MR) is 103 cm³/mol. The minimum absolute atomic E-state index is 0.0383. The van der Waals surface area contributed by atoms with Gasteiger partial charge in [-0.25, -0.2) is 0 Å². The molecule has 1 spiro atoms. The first-order valence-corrected chi connectivity index (χ1v) is 11.7. The number of hydrogen-bond acceptors (Lipinski definition) is 8. The summed E-state index contributed by atoms with van der Waals surface area (Å²) < 4.78 is 78.8. The number of benzene rings is 1. The topological polar surface area (TPSA) is 102 Å². The van der Waals surface area contributed by atoms with E-state index in [0.717, 1.165) is 5.56 Å². The third-order valence-electron chi connectivity index (χ3n) is 7.45. The first-order chi connectivity index (χ1) is 14.8. The van der Waals surface area contributed by atoms with Gasteiger partial charge in [0.1, 0.15) is 12.2 Å². The van der Waals surface area contributed by atoms with Crippen molar-refractivity contribution in [3.63, 3.8) is 0 Å². The van der Waals surface area contributed by atoms with Gasteiger partial charge in [-0.05, 0) is 50.9 Å². The van der Waals surface area contributed by atoms with E-state index in [2.05, 4.69) is 4.18 Å². The lowest BCUT2D eigenvalue weighted by Gasteiger charge is -2.63. The molecule has 2 aliphatic carbocycles. The van der Waals surface area contributed by atoms with Gasteiger partial charge in [0.15, 0.2) is 11.5 Å². The number of piperidine rings is 1. The van der Waals surface area contributed by atoms with Crippen molar-refractivity contribution in [2.75, 3.05) is 13.6 Å². The maximum atomic E-state index is 13.1. The Morgan fingerprint density at radius 1 is 1.31 bits per heavy atom. The van der Waals surface area contributed by atoms with Crippen LogP contribution in [0, 0.1) is 0 Å². The van der Waals surface area contributed by atoms with E-state index in [0.29, 0.717) is 24.9 Å². The Morgan fingerprint density at radius 2 is 2.03 bits per heavy atom. The molecule has 1 unspecified atom stereocenters. The number of alkyl halides is 3. The molecular weight excluding hydrogens is 455 g/mol. The van der Waals surface area contributed by atoms with Gasteiger partial charge in [-0.1, -0.05) is 6.07 Å². The van der Waals surface area contributed by atoms with Gasteiger partial charge in [0.05, 0.1) is 11.0 Å². The quantitative estimate of drug-likeness (QED) is 0.303. The van der Waals surface area contributed by atoms with E-state index in [-0.39, 0.29) is 30.4 Å². The molecule has 176 valence electrons. The number of nitrogens with zero attached hydrogens (tertiary/aromatic N) is 1. The number of halogens is 3. The highest BCUT2D eigenvalue weighted by molar-refractivity contribution is 7.87. The van der Waals surface area contributed by atoms with Gasteiger partial charge in [0.2, 0.25) is 0 Å². The van der Waals surface area contributed by atoms with Crippen LogP contribution in [-0.2, 0) is 30.9 Å². The molecule has 1 saturated carbocycles. The van der Waals surface area contributed by atoms with Crippen LogP contribution in [0.4, 0.5) is 13.2 Å². The number of ether oxygens (including phenoxy) is 2. The van der Waals surface area contributed by atoms with E-state index >= 15 is 0 Å². The number of aliphatic hydroxyl groups is 1. The molecule has 4 aliphatic rings. The lowest BCUT2D eigenvalue weighted by Crippen LogP contribution is -2.76. The smallest absolute Gasteiger partial charge is 0.482 e. The summed E-state index contributed by atoms with van der Waals surface area (Å²) in [5.41, 5.74) is -6.75. The van der Waals surface area contributed by atoms with Gasteiger partial charge in [0, 0.05) is 18.5 Å². The van der Waals surface area contributed by atoms with Crippen molar-refractivity contribution in [2.45, 2.75) is 67.4 Å². The summed E-state index contributed by atoms with van der Waals surface area (Å²) in [5.74, 6) is -0.377. The first kappa shape index (κ1) is 21.9. The molecule has 0 amide bonds. The lowest BCUT2D eigenvalue weighted by molar-refractivity contribution is -0.201. The summed E-state index contributed by atoms with van der Waals surface area (Å²) in [6.45, 7) is 1.72. The third-order valence-corrected chi connectivity index (χ3v) is 8.52. The molecule has 1 saturated heterocycles. The Hall–Kier alpha value is -1.89. The van der Waals surface area contributed by atoms with Gasteiger partial charge in [-0.2, -0.15) is 21.6 Å². The molecule has 1 aromatic carbocycles. The normalized spacial score (nSPS) is 35.8. The Labute approximate surface area is 182 Å². The minimum atomic E-state index is -5.88. The van der Waals surface area contributed by atoms with E-state index in [1.54, 1.807) is 12.1 Å². The number of hydrogen-bond donors (Lipinski definition) is 1. The second-order valence-electron chi connectivity index (χ2n) is 8.98. The summed E-state index contributed by atoms with van der Waals surface area (Å²) in [5, 5.41) is 12.0. The molecular formula is C20H22F3NO7S. The molecule has 32 heavy (non-hydrogen) atoms. The van der Waals surface area contributed by atoms with Crippen LogP contribution in [0.5, 0.6) is 11.5 Å². The van der Waals surface area contributed by atoms with Crippen molar-refractivity contribution in [3.05, 3.63) is 23.3 Å². The van der Waals surface area contributed by atoms with E-state index < -0.39 is 44.8 Å². The van der Waals surface area contributed by atoms with E-state index in [1.807, 2.05) is 11.9 Å². The fourth-order valence-electron chi connectivity index (χ4n) is 6.25. The van der Waals surface area contributed by atoms with E-state index in [4.69, 9.17) is 9.47 Å². The van der Waals surface area contributed by atoms with E-state index in [9.17, 15) is 31.5 Å². The molecule has 8 nitrogen and oxygen atoms in total. The SMILES string of the molecule is CC(=O)Oc1ccc2c3c1O[C@H]1[C@@H](OS(=O)(=O)C(F)(F)F)CCC4(O)[C@@H](C2)N(C)CC[C@]314. The predicted octanol–water partition coefficient (Wildman–Crippen LogP) is 1.63. The molecule has 1 N–H and O–H groups in total. The van der Waals surface area contributed by atoms with Gasteiger partial charge in [-0.3, -0.25) is 8.98 Å². The van der Waals surface area contributed by atoms with Crippen LogP contribution in [0.2, 0.25) is 0 Å². The number of likely N-dealkylation sites (tertiary alicyclic amines) is 1. The molecule has 1 aromatic rings. The Balaban J connectivity index is 1.68. The maximum absolute atomic E-state index is 13.1. The zero-order chi connectivity index (χ0) is 23.3. The average Bonchev–Trinajstić information content (AvgIpc) is 3.03. The molecule has 5 rings (SSSR count). The summed E-state index contributed by atoms with van der Waals surface area (Å²) >= 11 is 0. The molecule has 2 heterocycles. The van der Waals surface area contributed by atoms with Gasteiger partial charge >= 0.3 is 21.6 Å². The van der Waals surface area contributed by atoms with Crippen molar-refractivity contribution >= 4 is 16.1 Å². The Bertz CT molecular complexity index is 1110. The van der Waals surface area contributed by atoms with Crippen LogP contribution >= 0.6 is 0 Å². The van der Waals surface area contributed by atoms with Crippen molar-refractivity contribution in [3.8, 4) is 11.5 Å². The summed E-state index contributed by atoms with van der Waals surface area (Å²) in [7, 11) is -4.01. The lowest BCUT2D eigenvalue weighted by atomic mass is 9.49. The van der Waals surface area contributed by atoms with Crippen molar-refractivity contribution in [1.29, 1.82) is 0 Å². The Morgan fingerprint density at radius 3 is 2.69 bits per heavy atom. The number of rotatable bonds is 3. The van der Waals surface area contributed by atoms with E-state index in [1.165, 1.54) is 6.92 Å². The van der Waals surface area contributed by atoms with Gasteiger partial charge < -0.3 is 19.5 Å². The second-order valence-corrected chi connectivity index (χ2v) is 10.5. The zero-order valence-corrected chi connectivity index (χ0v) is 18.1.